The third-order valence-corrected chi connectivity index (χ3v) is 7.24. The zero-order chi connectivity index (χ0) is 26.4. The molecule has 5 rings (SSSR count). The van der Waals surface area contributed by atoms with Crippen LogP contribution in [0.3, 0.4) is 0 Å². The number of carbonyl (C=O) groups excluding carboxylic acids is 3. The number of Topliss-reactive ketones (excluding diaryl/α,β-unsaturated/α-hetero) is 1. The van der Waals surface area contributed by atoms with E-state index in [9.17, 15) is 23.9 Å². The van der Waals surface area contributed by atoms with E-state index in [1.165, 1.54) is 47.6 Å². The van der Waals surface area contributed by atoms with Crippen LogP contribution in [0.2, 0.25) is 0 Å². The molecule has 1 aliphatic heterocycles. The maximum atomic E-state index is 13.5. The second kappa shape index (κ2) is 9.25. The largest absolute Gasteiger partial charge is 0.507 e. The summed E-state index contributed by atoms with van der Waals surface area (Å²) in [5, 5.41) is 11.5. The van der Waals surface area contributed by atoms with Crippen molar-refractivity contribution in [1.82, 2.24) is 4.98 Å². The second-order valence-corrected chi connectivity index (χ2v) is 9.72. The summed E-state index contributed by atoms with van der Waals surface area (Å²) < 4.78 is 19.1. The van der Waals surface area contributed by atoms with E-state index in [0.717, 1.165) is 28.0 Å². The maximum Gasteiger partial charge on any atom is 0.337 e. The molecule has 186 valence electrons. The van der Waals surface area contributed by atoms with Gasteiger partial charge in [-0.2, -0.15) is 0 Å². The Morgan fingerprint density at radius 3 is 2.32 bits per heavy atom. The van der Waals surface area contributed by atoms with E-state index in [1.54, 1.807) is 12.1 Å². The number of thiazole rings is 1. The SMILES string of the molecule is COC(=O)c1ccc(C2C(=C(O)c3ccc(F)cc3)C(=O)C(=O)N2c2nc3c(C)cc(C)cc3s2)cc1. The monoisotopic (exact) mass is 516 g/mol. The van der Waals surface area contributed by atoms with Crippen LogP contribution in [0.5, 0.6) is 0 Å². The molecule has 1 unspecified atom stereocenters. The molecular weight excluding hydrogens is 495 g/mol. The van der Waals surface area contributed by atoms with Gasteiger partial charge in [-0.15, -0.1) is 0 Å². The number of halogens is 1. The minimum atomic E-state index is -1.03. The number of ether oxygens (including phenoxy) is 1. The molecule has 0 bridgehead atoms. The number of aliphatic hydroxyl groups is 1. The van der Waals surface area contributed by atoms with E-state index < -0.39 is 35.3 Å². The average Bonchev–Trinajstić information content (AvgIpc) is 3.42. The summed E-state index contributed by atoms with van der Waals surface area (Å²) >= 11 is 1.26. The number of ketones is 1. The first-order valence-electron chi connectivity index (χ1n) is 11.3. The molecule has 2 heterocycles. The van der Waals surface area contributed by atoms with Crippen molar-refractivity contribution in [1.29, 1.82) is 0 Å². The Hall–Kier alpha value is -4.37. The minimum absolute atomic E-state index is 0.158. The van der Waals surface area contributed by atoms with Crippen molar-refractivity contribution < 1.29 is 28.6 Å². The summed E-state index contributed by atoms with van der Waals surface area (Å²) in [5.74, 6) is -3.22. The molecule has 1 atom stereocenters. The zero-order valence-electron chi connectivity index (χ0n) is 20.1. The molecule has 1 saturated heterocycles. The molecule has 1 aliphatic rings. The smallest absolute Gasteiger partial charge is 0.337 e. The number of aliphatic hydroxyl groups excluding tert-OH is 1. The molecule has 1 N–H and O–H groups in total. The number of methoxy groups -OCH3 is 1. The van der Waals surface area contributed by atoms with Crippen LogP contribution >= 0.6 is 11.3 Å². The van der Waals surface area contributed by atoms with Gasteiger partial charge < -0.3 is 9.84 Å². The van der Waals surface area contributed by atoms with Gasteiger partial charge in [0.2, 0.25) is 0 Å². The Kier molecular flexibility index (Phi) is 6.08. The normalized spacial score (nSPS) is 17.0. The highest BCUT2D eigenvalue weighted by molar-refractivity contribution is 7.22. The predicted molar refractivity (Wildman–Crippen MR) is 138 cm³/mol. The van der Waals surface area contributed by atoms with E-state index in [4.69, 9.17) is 4.74 Å². The van der Waals surface area contributed by atoms with Crippen LogP contribution in [0.4, 0.5) is 9.52 Å². The van der Waals surface area contributed by atoms with E-state index in [0.29, 0.717) is 16.2 Å². The molecule has 0 aliphatic carbocycles. The lowest BCUT2D eigenvalue weighted by molar-refractivity contribution is -0.132. The number of fused-ring (bicyclic) bond motifs is 1. The van der Waals surface area contributed by atoms with Crippen LogP contribution < -0.4 is 4.90 Å². The lowest BCUT2D eigenvalue weighted by Crippen LogP contribution is -2.29. The summed E-state index contributed by atoms with van der Waals surface area (Å²) in [5.41, 5.74) is 3.47. The lowest BCUT2D eigenvalue weighted by atomic mass is 9.95. The van der Waals surface area contributed by atoms with Gasteiger partial charge >= 0.3 is 11.9 Å². The molecule has 1 aromatic heterocycles. The summed E-state index contributed by atoms with van der Waals surface area (Å²) in [6, 6.07) is 14.1. The number of amides is 1. The highest BCUT2D eigenvalue weighted by Gasteiger charge is 2.48. The standard InChI is InChI=1S/C28H21FN2O5S/c1-14-12-15(2)22-20(13-14)37-28(30-22)31-23(16-4-6-18(7-5-16)27(35)36-3)21(25(33)26(31)34)24(32)17-8-10-19(29)11-9-17/h4-13,23,32H,1-3H3. The highest BCUT2D eigenvalue weighted by atomic mass is 32.1. The number of carbonyl (C=O) groups is 3. The third-order valence-electron chi connectivity index (χ3n) is 6.23. The van der Waals surface area contributed by atoms with Gasteiger partial charge in [-0.1, -0.05) is 29.5 Å². The van der Waals surface area contributed by atoms with Crippen molar-refractivity contribution in [2.45, 2.75) is 19.9 Å². The molecule has 37 heavy (non-hydrogen) atoms. The number of benzene rings is 3. The Balaban J connectivity index is 1.72. The van der Waals surface area contributed by atoms with Gasteiger partial charge in [0.25, 0.3) is 5.78 Å². The van der Waals surface area contributed by atoms with Crippen molar-refractivity contribution in [2.24, 2.45) is 0 Å². The topological polar surface area (TPSA) is 96.8 Å². The number of hydrogen-bond acceptors (Lipinski definition) is 7. The third kappa shape index (κ3) is 4.17. The Morgan fingerprint density at radius 1 is 1.03 bits per heavy atom. The first kappa shape index (κ1) is 24.3. The van der Waals surface area contributed by atoms with E-state index >= 15 is 0 Å². The molecule has 0 radical (unpaired) electrons. The number of aryl methyl sites for hydroxylation is 2. The van der Waals surface area contributed by atoms with Crippen molar-refractivity contribution in [3.05, 3.63) is 99.9 Å². The molecule has 1 fully saturated rings. The number of rotatable bonds is 4. The second-order valence-electron chi connectivity index (χ2n) is 8.71. The fraction of sp³-hybridized carbons (Fsp3) is 0.143. The molecule has 3 aromatic carbocycles. The first-order chi connectivity index (χ1) is 17.7. The number of aromatic nitrogens is 1. The Labute approximate surface area is 215 Å². The van der Waals surface area contributed by atoms with E-state index in [-0.39, 0.29) is 16.7 Å². The highest BCUT2D eigenvalue weighted by Crippen LogP contribution is 2.44. The number of hydrogen-bond donors (Lipinski definition) is 1. The molecular formula is C28H21FN2O5S. The fourth-order valence-electron chi connectivity index (χ4n) is 4.49. The number of esters is 1. The summed E-state index contributed by atoms with van der Waals surface area (Å²) in [6.45, 7) is 3.88. The van der Waals surface area contributed by atoms with Crippen LogP contribution in [0.25, 0.3) is 16.0 Å². The van der Waals surface area contributed by atoms with Crippen LogP contribution in [0, 0.1) is 19.7 Å². The lowest BCUT2D eigenvalue weighted by Gasteiger charge is -2.23. The number of anilines is 1. The van der Waals surface area contributed by atoms with Crippen LogP contribution in [0.15, 0.2) is 66.2 Å². The Morgan fingerprint density at radius 2 is 1.68 bits per heavy atom. The molecule has 4 aromatic rings. The molecule has 1 amide bonds. The predicted octanol–water partition coefficient (Wildman–Crippen LogP) is 5.47. The van der Waals surface area contributed by atoms with Gasteiger partial charge in [-0.3, -0.25) is 14.5 Å². The fourth-order valence-corrected chi connectivity index (χ4v) is 5.66. The van der Waals surface area contributed by atoms with Crippen LogP contribution in [0.1, 0.15) is 38.7 Å². The van der Waals surface area contributed by atoms with Crippen molar-refractivity contribution in [2.75, 3.05) is 12.0 Å². The van der Waals surface area contributed by atoms with Gasteiger partial charge in [-0.05, 0) is 73.0 Å². The van der Waals surface area contributed by atoms with Crippen molar-refractivity contribution in [3.63, 3.8) is 0 Å². The minimum Gasteiger partial charge on any atom is -0.507 e. The Bertz CT molecular complexity index is 1610. The molecule has 7 nitrogen and oxygen atoms in total. The summed E-state index contributed by atoms with van der Waals surface area (Å²) in [7, 11) is 1.27. The first-order valence-corrected chi connectivity index (χ1v) is 12.1. The van der Waals surface area contributed by atoms with Crippen molar-refractivity contribution in [3.8, 4) is 0 Å². The number of nitrogens with zero attached hydrogens (tertiary/aromatic N) is 2. The van der Waals surface area contributed by atoms with E-state index in [1.807, 2.05) is 26.0 Å². The van der Waals surface area contributed by atoms with Gasteiger partial charge in [0, 0.05) is 5.56 Å². The van der Waals surface area contributed by atoms with Gasteiger partial charge in [0.05, 0.1) is 34.5 Å². The molecule has 9 heteroatoms. The van der Waals surface area contributed by atoms with Gasteiger partial charge in [0.1, 0.15) is 11.6 Å². The van der Waals surface area contributed by atoms with Crippen LogP contribution in [-0.4, -0.2) is 34.9 Å². The summed E-state index contributed by atoms with van der Waals surface area (Å²) in [4.78, 5) is 44.6. The van der Waals surface area contributed by atoms with E-state index in [2.05, 4.69) is 4.98 Å². The quantitative estimate of drug-likeness (QED) is 0.167. The zero-order valence-corrected chi connectivity index (χ0v) is 20.9. The summed E-state index contributed by atoms with van der Waals surface area (Å²) in [6.07, 6.45) is 0. The van der Waals surface area contributed by atoms with Crippen molar-refractivity contribution >= 4 is 50.1 Å². The maximum absolute atomic E-state index is 13.5. The average molecular weight is 517 g/mol. The van der Waals surface area contributed by atoms with Crippen LogP contribution in [-0.2, 0) is 14.3 Å². The molecule has 0 saturated carbocycles. The van der Waals surface area contributed by atoms with Gasteiger partial charge in [-0.25, -0.2) is 14.2 Å². The van der Waals surface area contributed by atoms with Gasteiger partial charge in [0.15, 0.2) is 5.13 Å². The molecule has 0 spiro atoms.